The number of hydrogen-bond acceptors (Lipinski definition) is 9. The summed E-state index contributed by atoms with van der Waals surface area (Å²) in [5.41, 5.74) is 0. The minimum Gasteiger partial charge on any atom is -0.463 e. The van der Waals surface area contributed by atoms with E-state index in [0.717, 1.165) is 12.8 Å². The lowest BCUT2D eigenvalue weighted by Gasteiger charge is -2.09. The summed E-state index contributed by atoms with van der Waals surface area (Å²) in [5.74, 6) is -0.142. The van der Waals surface area contributed by atoms with Crippen LogP contribution in [0.2, 0.25) is 0 Å². The molecule has 204 valence electrons. The highest BCUT2D eigenvalue weighted by molar-refractivity contribution is 5.69. The van der Waals surface area contributed by atoms with Crippen LogP contribution < -0.4 is 0 Å². The van der Waals surface area contributed by atoms with Crippen LogP contribution in [-0.2, 0) is 33.2 Å². The summed E-state index contributed by atoms with van der Waals surface area (Å²) in [6, 6.07) is 0. The van der Waals surface area contributed by atoms with Gasteiger partial charge in [-0.05, 0) is 6.42 Å². The Morgan fingerprint density at radius 1 is 0.618 bits per heavy atom. The molecular weight excluding hydrogens is 444 g/mol. The van der Waals surface area contributed by atoms with Crippen LogP contribution in [0.4, 0.5) is 0 Å². The molecule has 0 aliphatic carbocycles. The standard InChI is InChI=1S/C25H50O9/c1-2-3-4-5-6-7-8-9-10-11-25(28)34-21-20-32-17-16-30-13-12-29-14-15-31-18-19-33-23-24(27)22-26/h24,26-27H,2-23H2,1H3. The topological polar surface area (TPSA) is 113 Å². The third kappa shape index (κ3) is 27.4. The van der Waals surface area contributed by atoms with Crippen LogP contribution in [0.5, 0.6) is 0 Å². The third-order valence-electron chi connectivity index (χ3n) is 4.98. The van der Waals surface area contributed by atoms with Gasteiger partial charge in [0.2, 0.25) is 0 Å². The van der Waals surface area contributed by atoms with Crippen molar-refractivity contribution in [2.75, 3.05) is 79.3 Å². The molecule has 0 aromatic carbocycles. The van der Waals surface area contributed by atoms with Gasteiger partial charge in [-0.3, -0.25) is 4.79 Å². The average molecular weight is 495 g/mol. The van der Waals surface area contributed by atoms with Crippen LogP contribution in [0.15, 0.2) is 0 Å². The predicted molar refractivity (Wildman–Crippen MR) is 130 cm³/mol. The van der Waals surface area contributed by atoms with Gasteiger partial charge in [0.15, 0.2) is 0 Å². The van der Waals surface area contributed by atoms with Crippen LogP contribution in [0, 0.1) is 0 Å². The second-order valence-corrected chi connectivity index (χ2v) is 8.16. The molecule has 0 saturated carbocycles. The summed E-state index contributed by atoms with van der Waals surface area (Å²) in [6.45, 7) is 6.22. The lowest BCUT2D eigenvalue weighted by atomic mass is 10.1. The summed E-state index contributed by atoms with van der Waals surface area (Å²) >= 11 is 0. The summed E-state index contributed by atoms with van der Waals surface area (Å²) in [4.78, 5) is 11.7. The van der Waals surface area contributed by atoms with E-state index in [1.165, 1.54) is 44.9 Å². The Morgan fingerprint density at radius 2 is 1.03 bits per heavy atom. The van der Waals surface area contributed by atoms with Crippen LogP contribution in [0.25, 0.3) is 0 Å². The van der Waals surface area contributed by atoms with Crippen LogP contribution in [0.3, 0.4) is 0 Å². The van der Waals surface area contributed by atoms with Gasteiger partial charge in [0.05, 0.1) is 72.7 Å². The van der Waals surface area contributed by atoms with Gasteiger partial charge in [0.25, 0.3) is 0 Å². The minimum absolute atomic E-state index is 0.0992. The van der Waals surface area contributed by atoms with Gasteiger partial charge in [0, 0.05) is 6.42 Å². The van der Waals surface area contributed by atoms with Crippen molar-refractivity contribution in [3.63, 3.8) is 0 Å². The Hall–Kier alpha value is -0.810. The number of unbranched alkanes of at least 4 members (excludes halogenated alkanes) is 8. The maximum absolute atomic E-state index is 11.7. The Morgan fingerprint density at radius 3 is 1.50 bits per heavy atom. The smallest absolute Gasteiger partial charge is 0.305 e. The number of aliphatic hydroxyl groups is 2. The van der Waals surface area contributed by atoms with Gasteiger partial charge >= 0.3 is 5.97 Å². The quantitative estimate of drug-likeness (QED) is 0.125. The fraction of sp³-hybridized carbons (Fsp3) is 0.960. The number of aliphatic hydroxyl groups excluding tert-OH is 2. The first-order valence-corrected chi connectivity index (χ1v) is 13.0. The molecule has 0 rings (SSSR count). The second-order valence-electron chi connectivity index (χ2n) is 8.16. The van der Waals surface area contributed by atoms with Crippen LogP contribution >= 0.6 is 0 Å². The summed E-state index contributed by atoms with van der Waals surface area (Å²) in [6.07, 6.45) is 10.7. The normalized spacial score (nSPS) is 12.2. The molecular formula is C25H50O9. The molecule has 0 spiro atoms. The lowest BCUT2D eigenvalue weighted by molar-refractivity contribution is -0.145. The zero-order valence-corrected chi connectivity index (χ0v) is 21.4. The molecule has 0 amide bonds. The molecule has 0 aliphatic rings. The van der Waals surface area contributed by atoms with Crippen molar-refractivity contribution in [2.45, 2.75) is 77.2 Å². The molecule has 1 atom stereocenters. The number of rotatable bonds is 28. The van der Waals surface area contributed by atoms with Crippen molar-refractivity contribution >= 4 is 5.97 Å². The maximum Gasteiger partial charge on any atom is 0.305 e. The number of hydrogen-bond donors (Lipinski definition) is 2. The van der Waals surface area contributed by atoms with E-state index in [0.29, 0.717) is 65.9 Å². The van der Waals surface area contributed by atoms with E-state index in [1.807, 2.05) is 0 Å². The zero-order valence-electron chi connectivity index (χ0n) is 21.4. The highest BCUT2D eigenvalue weighted by Crippen LogP contribution is 2.10. The molecule has 0 saturated heterocycles. The van der Waals surface area contributed by atoms with Crippen LogP contribution in [0.1, 0.15) is 71.1 Å². The lowest BCUT2D eigenvalue weighted by Crippen LogP contribution is -2.21. The highest BCUT2D eigenvalue weighted by Gasteiger charge is 2.03. The van der Waals surface area contributed by atoms with E-state index in [2.05, 4.69) is 6.92 Å². The predicted octanol–water partition coefficient (Wildman–Crippen LogP) is 2.89. The van der Waals surface area contributed by atoms with Crippen molar-refractivity contribution in [2.24, 2.45) is 0 Å². The van der Waals surface area contributed by atoms with E-state index in [9.17, 15) is 4.79 Å². The maximum atomic E-state index is 11.7. The second kappa shape index (κ2) is 28.4. The highest BCUT2D eigenvalue weighted by atomic mass is 16.6. The van der Waals surface area contributed by atoms with Gasteiger partial charge in [-0.25, -0.2) is 0 Å². The third-order valence-corrected chi connectivity index (χ3v) is 4.98. The van der Waals surface area contributed by atoms with Gasteiger partial charge in [-0.15, -0.1) is 0 Å². The Kier molecular flexibility index (Phi) is 27.8. The Bertz CT molecular complexity index is 410. The molecule has 9 heteroatoms. The molecule has 0 radical (unpaired) electrons. The van der Waals surface area contributed by atoms with Crippen molar-refractivity contribution in [3.8, 4) is 0 Å². The van der Waals surface area contributed by atoms with E-state index in [4.69, 9.17) is 38.6 Å². The van der Waals surface area contributed by atoms with Gasteiger partial charge in [-0.1, -0.05) is 58.3 Å². The van der Waals surface area contributed by atoms with Gasteiger partial charge in [-0.2, -0.15) is 0 Å². The fourth-order valence-electron chi connectivity index (χ4n) is 3.02. The number of carbonyl (C=O) groups is 1. The molecule has 2 N–H and O–H groups in total. The summed E-state index contributed by atoms with van der Waals surface area (Å²) in [7, 11) is 0. The average Bonchev–Trinajstić information content (AvgIpc) is 2.84. The number of esters is 1. The van der Waals surface area contributed by atoms with Crippen molar-refractivity contribution in [3.05, 3.63) is 0 Å². The van der Waals surface area contributed by atoms with Crippen molar-refractivity contribution in [1.82, 2.24) is 0 Å². The molecule has 34 heavy (non-hydrogen) atoms. The van der Waals surface area contributed by atoms with E-state index >= 15 is 0 Å². The number of carbonyl (C=O) groups excluding carboxylic acids is 1. The first-order valence-electron chi connectivity index (χ1n) is 13.0. The van der Waals surface area contributed by atoms with Gasteiger partial charge < -0.3 is 38.6 Å². The molecule has 1 unspecified atom stereocenters. The zero-order chi connectivity index (χ0) is 25.0. The van der Waals surface area contributed by atoms with Crippen molar-refractivity contribution in [1.29, 1.82) is 0 Å². The molecule has 0 heterocycles. The fourth-order valence-corrected chi connectivity index (χ4v) is 3.02. The first kappa shape index (κ1) is 33.2. The molecule has 0 fully saturated rings. The Labute approximate surface area is 206 Å². The largest absolute Gasteiger partial charge is 0.463 e. The minimum atomic E-state index is -0.842. The van der Waals surface area contributed by atoms with Crippen molar-refractivity contribution < 1.29 is 43.4 Å². The van der Waals surface area contributed by atoms with Gasteiger partial charge in [0.1, 0.15) is 12.7 Å². The summed E-state index contributed by atoms with van der Waals surface area (Å²) < 4.78 is 31.8. The molecule has 9 nitrogen and oxygen atoms in total. The molecule has 0 bridgehead atoms. The SMILES string of the molecule is CCCCCCCCCCCC(=O)OCCOCCOCCOCCOCCOCC(O)CO. The van der Waals surface area contributed by atoms with Crippen LogP contribution in [-0.4, -0.2) is 102 Å². The first-order chi connectivity index (χ1) is 16.7. The molecule has 0 aromatic rings. The number of ether oxygens (including phenoxy) is 6. The molecule has 0 aromatic heterocycles. The monoisotopic (exact) mass is 494 g/mol. The van der Waals surface area contributed by atoms with E-state index in [-0.39, 0.29) is 25.8 Å². The molecule has 0 aliphatic heterocycles. The van der Waals surface area contributed by atoms with E-state index < -0.39 is 6.10 Å². The summed E-state index contributed by atoms with van der Waals surface area (Å²) in [5, 5.41) is 17.7. The van der Waals surface area contributed by atoms with E-state index in [1.54, 1.807) is 0 Å². The Balaban J connectivity index is 3.14.